The van der Waals surface area contributed by atoms with Gasteiger partial charge in [0.1, 0.15) is 0 Å². The van der Waals surface area contributed by atoms with E-state index in [0.717, 1.165) is 10.8 Å². The van der Waals surface area contributed by atoms with Crippen molar-refractivity contribution in [2.24, 2.45) is 5.10 Å². The van der Waals surface area contributed by atoms with Gasteiger partial charge in [-0.05, 0) is 22.4 Å². The van der Waals surface area contributed by atoms with Gasteiger partial charge in [-0.25, -0.2) is 0 Å². The second-order valence-corrected chi connectivity index (χ2v) is 4.77. The van der Waals surface area contributed by atoms with Crippen molar-refractivity contribution in [1.82, 2.24) is 5.43 Å². The first-order chi connectivity index (χ1) is 9.39. The molecule has 0 saturated heterocycles. The van der Waals surface area contributed by atoms with Crippen LogP contribution in [0.2, 0.25) is 0 Å². The molecule has 2 N–H and O–H groups in total. The zero-order chi connectivity index (χ0) is 14.4. The van der Waals surface area contributed by atoms with Gasteiger partial charge in [0, 0.05) is 0 Å². The fraction of sp³-hybridized carbons (Fsp3) is 0.214. The van der Waals surface area contributed by atoms with E-state index in [0.29, 0.717) is 5.56 Å². The average Bonchev–Trinajstić information content (AvgIpc) is 2.82. The summed E-state index contributed by atoms with van der Waals surface area (Å²) in [5.74, 6) is 0. The molecule has 0 saturated carbocycles. The summed E-state index contributed by atoms with van der Waals surface area (Å²) >= 11 is 0. The number of alkyl halides is 3. The molecule has 2 aromatic rings. The largest absolute Gasteiger partial charge is 0.438 e. The number of nitrogens with zero attached hydrogens (tertiary/aromatic N) is 1. The number of fused-ring (bicyclic) bond motifs is 1. The van der Waals surface area contributed by atoms with E-state index < -0.39 is 18.3 Å². The lowest BCUT2D eigenvalue weighted by Crippen LogP contribution is -2.52. The summed E-state index contributed by atoms with van der Waals surface area (Å²) < 4.78 is 38.1. The number of hydrazone groups is 1. The summed E-state index contributed by atoms with van der Waals surface area (Å²) in [6, 6.07) is 12.8. The molecule has 0 amide bonds. The Morgan fingerprint density at radius 3 is 2.45 bits per heavy atom. The van der Waals surface area contributed by atoms with Gasteiger partial charge in [0.15, 0.2) is 0 Å². The molecule has 1 aliphatic rings. The molecule has 2 aromatic carbocycles. The summed E-state index contributed by atoms with van der Waals surface area (Å²) in [5.41, 5.74) is -0.434. The highest BCUT2D eigenvalue weighted by Crippen LogP contribution is 2.35. The van der Waals surface area contributed by atoms with E-state index in [1.54, 1.807) is 17.6 Å². The van der Waals surface area contributed by atoms with Gasteiger partial charge in [0.25, 0.3) is 5.72 Å². The molecule has 0 spiro atoms. The Morgan fingerprint density at radius 2 is 1.80 bits per heavy atom. The predicted octanol–water partition coefficient (Wildman–Crippen LogP) is 2.79. The SMILES string of the molecule is O[C@]1(C(F)(F)F)CC(c2ccc3ccccc3c2)=NN1. The van der Waals surface area contributed by atoms with E-state index in [2.05, 4.69) is 5.10 Å². The Hall–Kier alpha value is -2.08. The quantitative estimate of drug-likeness (QED) is 0.843. The minimum absolute atomic E-state index is 0.190. The lowest BCUT2D eigenvalue weighted by atomic mass is 9.99. The van der Waals surface area contributed by atoms with Gasteiger partial charge in [-0.15, -0.1) is 0 Å². The molecule has 3 nitrogen and oxygen atoms in total. The number of aliphatic hydroxyl groups is 1. The number of rotatable bonds is 1. The van der Waals surface area contributed by atoms with Crippen LogP contribution in [0.5, 0.6) is 0 Å². The van der Waals surface area contributed by atoms with Crippen molar-refractivity contribution in [3.63, 3.8) is 0 Å². The highest BCUT2D eigenvalue weighted by atomic mass is 19.4. The molecule has 6 heteroatoms. The summed E-state index contributed by atoms with van der Waals surface area (Å²) in [4.78, 5) is 0. The third-order valence-electron chi connectivity index (χ3n) is 3.35. The van der Waals surface area contributed by atoms with Crippen LogP contribution in [0.25, 0.3) is 10.8 Å². The molecule has 1 atom stereocenters. The lowest BCUT2D eigenvalue weighted by molar-refractivity contribution is -0.266. The van der Waals surface area contributed by atoms with Crippen LogP contribution in [-0.2, 0) is 0 Å². The monoisotopic (exact) mass is 280 g/mol. The van der Waals surface area contributed by atoms with Crippen LogP contribution < -0.4 is 5.43 Å². The Labute approximate surface area is 112 Å². The molecule has 3 rings (SSSR count). The Morgan fingerprint density at radius 1 is 1.10 bits per heavy atom. The summed E-state index contributed by atoms with van der Waals surface area (Å²) in [6.07, 6.45) is -5.37. The first-order valence-electron chi connectivity index (χ1n) is 6.01. The maximum Gasteiger partial charge on any atom is 0.438 e. The van der Waals surface area contributed by atoms with Crippen molar-refractivity contribution in [3.8, 4) is 0 Å². The smallest absolute Gasteiger partial charge is 0.362 e. The Balaban J connectivity index is 1.94. The average molecular weight is 280 g/mol. The molecule has 0 radical (unpaired) electrons. The van der Waals surface area contributed by atoms with E-state index in [-0.39, 0.29) is 5.71 Å². The van der Waals surface area contributed by atoms with E-state index in [1.807, 2.05) is 30.3 Å². The zero-order valence-corrected chi connectivity index (χ0v) is 10.3. The van der Waals surface area contributed by atoms with Gasteiger partial charge in [0.05, 0.1) is 12.1 Å². The van der Waals surface area contributed by atoms with Gasteiger partial charge < -0.3 is 5.11 Å². The van der Waals surface area contributed by atoms with Crippen LogP contribution in [0.1, 0.15) is 12.0 Å². The van der Waals surface area contributed by atoms with Crippen LogP contribution in [0.3, 0.4) is 0 Å². The van der Waals surface area contributed by atoms with Crippen molar-refractivity contribution < 1.29 is 18.3 Å². The number of nitrogens with one attached hydrogen (secondary N) is 1. The second-order valence-electron chi connectivity index (χ2n) is 4.77. The fourth-order valence-corrected chi connectivity index (χ4v) is 2.18. The molecular weight excluding hydrogens is 269 g/mol. The number of halogens is 3. The molecule has 0 fully saturated rings. The van der Waals surface area contributed by atoms with Gasteiger partial charge in [-0.3, -0.25) is 5.43 Å². The number of hydrogen-bond donors (Lipinski definition) is 2. The van der Waals surface area contributed by atoms with E-state index in [9.17, 15) is 18.3 Å². The normalized spacial score (nSPS) is 22.7. The van der Waals surface area contributed by atoms with Crippen LogP contribution in [-0.4, -0.2) is 22.7 Å². The van der Waals surface area contributed by atoms with E-state index in [4.69, 9.17) is 0 Å². The molecule has 0 bridgehead atoms. The zero-order valence-electron chi connectivity index (χ0n) is 10.3. The number of hydrogen-bond acceptors (Lipinski definition) is 3. The van der Waals surface area contributed by atoms with Crippen LogP contribution in [0.4, 0.5) is 13.2 Å². The molecule has 0 aliphatic carbocycles. The Kier molecular flexibility index (Phi) is 2.72. The molecular formula is C14H11F3N2O. The summed E-state index contributed by atoms with van der Waals surface area (Å²) in [6.45, 7) is 0. The molecule has 20 heavy (non-hydrogen) atoms. The molecule has 1 heterocycles. The fourth-order valence-electron chi connectivity index (χ4n) is 2.18. The van der Waals surface area contributed by atoms with Crippen LogP contribution in [0, 0.1) is 0 Å². The number of benzene rings is 2. The first-order valence-corrected chi connectivity index (χ1v) is 6.01. The molecule has 0 unspecified atom stereocenters. The van der Waals surface area contributed by atoms with Gasteiger partial charge >= 0.3 is 6.18 Å². The molecule has 104 valence electrons. The van der Waals surface area contributed by atoms with Crippen molar-refractivity contribution in [3.05, 3.63) is 48.0 Å². The Bertz CT molecular complexity index is 696. The lowest BCUT2D eigenvalue weighted by Gasteiger charge is -2.24. The van der Waals surface area contributed by atoms with Crippen LogP contribution in [0.15, 0.2) is 47.6 Å². The van der Waals surface area contributed by atoms with Crippen molar-refractivity contribution in [1.29, 1.82) is 0 Å². The third-order valence-corrected chi connectivity index (χ3v) is 3.35. The van der Waals surface area contributed by atoms with E-state index >= 15 is 0 Å². The summed E-state index contributed by atoms with van der Waals surface area (Å²) in [5, 5.41) is 15.1. The minimum atomic E-state index is -4.77. The van der Waals surface area contributed by atoms with Crippen molar-refractivity contribution in [2.75, 3.05) is 0 Å². The van der Waals surface area contributed by atoms with Gasteiger partial charge in [-0.1, -0.05) is 36.4 Å². The topological polar surface area (TPSA) is 44.6 Å². The van der Waals surface area contributed by atoms with Gasteiger partial charge in [-0.2, -0.15) is 18.3 Å². The highest BCUT2D eigenvalue weighted by molar-refractivity contribution is 6.04. The van der Waals surface area contributed by atoms with Crippen molar-refractivity contribution in [2.45, 2.75) is 18.3 Å². The van der Waals surface area contributed by atoms with E-state index in [1.165, 1.54) is 0 Å². The maximum atomic E-state index is 12.7. The maximum absolute atomic E-state index is 12.7. The van der Waals surface area contributed by atoms with Crippen LogP contribution >= 0.6 is 0 Å². The standard InChI is InChI=1S/C14H11F3N2O/c15-14(16,17)13(20)8-12(18-19-13)11-6-5-9-3-1-2-4-10(9)7-11/h1-7,19-20H,8H2/t13-/m0/s1. The first kappa shape index (κ1) is 12.9. The molecule has 0 aromatic heterocycles. The second kappa shape index (κ2) is 4.21. The molecule has 1 aliphatic heterocycles. The van der Waals surface area contributed by atoms with Crippen molar-refractivity contribution >= 4 is 16.5 Å². The highest BCUT2D eigenvalue weighted by Gasteiger charge is 2.57. The van der Waals surface area contributed by atoms with Gasteiger partial charge in [0.2, 0.25) is 0 Å². The predicted molar refractivity (Wildman–Crippen MR) is 69.2 cm³/mol. The third kappa shape index (κ3) is 2.02. The minimum Gasteiger partial charge on any atom is -0.362 e. The summed E-state index contributed by atoms with van der Waals surface area (Å²) in [7, 11) is 0.